The average Bonchev–Trinajstić information content (AvgIpc) is 2.74. The van der Waals surface area contributed by atoms with Gasteiger partial charge in [0, 0.05) is 19.4 Å². The summed E-state index contributed by atoms with van der Waals surface area (Å²) in [5.41, 5.74) is 5.24. The van der Waals surface area contributed by atoms with Gasteiger partial charge in [-0.05, 0) is 12.8 Å². The minimum Gasteiger partial charge on any atom is -0.462 e. The normalized spacial score (nSPS) is 14.1. The molecule has 1 unspecified atom stereocenters. The zero-order valence-electron chi connectivity index (χ0n) is 19.2. The number of carbonyl (C=O) groups is 2. The number of esters is 2. The predicted molar refractivity (Wildman–Crippen MR) is 118 cm³/mol. The molecule has 0 heterocycles. The van der Waals surface area contributed by atoms with Gasteiger partial charge in [0.1, 0.15) is 6.61 Å². The second-order valence-corrected chi connectivity index (χ2v) is 8.96. The van der Waals surface area contributed by atoms with Gasteiger partial charge in [-0.2, -0.15) is 0 Å². The molecule has 0 fully saturated rings. The number of nitrogens with two attached hydrogens (primary N) is 1. The van der Waals surface area contributed by atoms with Crippen LogP contribution in [0.5, 0.6) is 0 Å². The molecule has 184 valence electrons. The molecule has 0 rings (SSSR count). The van der Waals surface area contributed by atoms with Gasteiger partial charge in [-0.3, -0.25) is 18.6 Å². The summed E-state index contributed by atoms with van der Waals surface area (Å²) in [6, 6.07) is 0. The topological polar surface area (TPSA) is 134 Å². The first-order chi connectivity index (χ1) is 14.8. The van der Waals surface area contributed by atoms with Gasteiger partial charge in [0.2, 0.25) is 0 Å². The van der Waals surface area contributed by atoms with Gasteiger partial charge in [-0.25, -0.2) is 4.57 Å². The monoisotopic (exact) mass is 467 g/mol. The van der Waals surface area contributed by atoms with Crippen molar-refractivity contribution >= 4 is 19.8 Å². The third-order valence-electron chi connectivity index (χ3n) is 4.49. The number of phosphoric acid groups is 1. The van der Waals surface area contributed by atoms with E-state index in [1.54, 1.807) is 0 Å². The van der Waals surface area contributed by atoms with Crippen LogP contribution in [0.4, 0.5) is 0 Å². The number of hydrogen-bond donors (Lipinski definition) is 2. The molecule has 0 aliphatic carbocycles. The Labute approximate surface area is 186 Å². The van der Waals surface area contributed by atoms with Crippen LogP contribution in [0.3, 0.4) is 0 Å². The first kappa shape index (κ1) is 30.0. The van der Waals surface area contributed by atoms with Crippen molar-refractivity contribution in [1.29, 1.82) is 0 Å². The van der Waals surface area contributed by atoms with E-state index in [0.29, 0.717) is 12.8 Å². The van der Waals surface area contributed by atoms with E-state index in [0.717, 1.165) is 25.7 Å². The molecule has 0 aromatic carbocycles. The molecule has 10 heteroatoms. The van der Waals surface area contributed by atoms with E-state index >= 15 is 0 Å². The van der Waals surface area contributed by atoms with Gasteiger partial charge < -0.3 is 20.1 Å². The number of phosphoric ester groups is 1. The highest BCUT2D eigenvalue weighted by Gasteiger charge is 2.25. The van der Waals surface area contributed by atoms with E-state index in [9.17, 15) is 19.0 Å². The summed E-state index contributed by atoms with van der Waals surface area (Å²) in [4.78, 5) is 33.5. The Balaban J connectivity index is 4.38. The molecule has 3 N–H and O–H groups in total. The Morgan fingerprint density at radius 1 is 0.839 bits per heavy atom. The summed E-state index contributed by atoms with van der Waals surface area (Å²) in [5, 5.41) is 0. The lowest BCUT2D eigenvalue weighted by Gasteiger charge is -2.19. The van der Waals surface area contributed by atoms with Crippen molar-refractivity contribution in [3.63, 3.8) is 0 Å². The fourth-order valence-corrected chi connectivity index (χ4v) is 3.49. The molecule has 31 heavy (non-hydrogen) atoms. The summed E-state index contributed by atoms with van der Waals surface area (Å²) >= 11 is 0. The van der Waals surface area contributed by atoms with Crippen LogP contribution >= 0.6 is 7.82 Å². The van der Waals surface area contributed by atoms with Crippen LogP contribution in [-0.4, -0.2) is 49.3 Å². The lowest BCUT2D eigenvalue weighted by Crippen LogP contribution is -2.29. The fraction of sp³-hybridized carbons (Fsp3) is 0.905. The Kier molecular flexibility index (Phi) is 19.0. The summed E-state index contributed by atoms with van der Waals surface area (Å²) in [6.07, 6.45) is 9.86. The van der Waals surface area contributed by atoms with Crippen LogP contribution in [-0.2, 0) is 32.7 Å². The molecule has 0 spiro atoms. The molecule has 0 saturated carbocycles. The van der Waals surface area contributed by atoms with E-state index in [4.69, 9.17) is 19.7 Å². The molecule has 0 aromatic rings. The second kappa shape index (κ2) is 19.7. The largest absolute Gasteiger partial charge is 0.472 e. The van der Waals surface area contributed by atoms with Crippen molar-refractivity contribution in [2.24, 2.45) is 5.73 Å². The molecule has 0 amide bonds. The first-order valence-corrected chi connectivity index (χ1v) is 13.0. The third-order valence-corrected chi connectivity index (χ3v) is 5.48. The molecule has 0 aliphatic rings. The number of ether oxygens (including phenoxy) is 2. The summed E-state index contributed by atoms with van der Waals surface area (Å²) < 4.78 is 31.7. The Morgan fingerprint density at radius 2 is 1.42 bits per heavy atom. The van der Waals surface area contributed by atoms with Crippen molar-refractivity contribution in [3.05, 3.63) is 0 Å². The SMILES string of the molecule is CCCCCCCCCCC(=O)O[C@H](COC(=O)CCCC)COP(=O)(O)OCCN. The van der Waals surface area contributed by atoms with Gasteiger partial charge in [0.15, 0.2) is 6.10 Å². The standard InChI is InChI=1S/C21H42NO8P/c1-3-5-7-8-9-10-11-12-14-21(24)30-19(17-27-20(23)13-6-4-2)18-29-31(25,26)28-16-15-22/h19H,3-18,22H2,1-2H3,(H,25,26)/t19-/m1/s1. The van der Waals surface area contributed by atoms with Crippen molar-refractivity contribution in [2.75, 3.05) is 26.4 Å². The maximum absolute atomic E-state index is 12.1. The summed E-state index contributed by atoms with van der Waals surface area (Å²) in [6.45, 7) is 3.37. The maximum Gasteiger partial charge on any atom is 0.472 e. The molecule has 9 nitrogen and oxygen atoms in total. The van der Waals surface area contributed by atoms with Crippen molar-refractivity contribution in [1.82, 2.24) is 0 Å². The van der Waals surface area contributed by atoms with E-state index in [1.807, 2.05) is 6.92 Å². The quantitative estimate of drug-likeness (QED) is 0.144. The molecule has 0 aliphatic heterocycles. The van der Waals surface area contributed by atoms with Crippen molar-refractivity contribution in [2.45, 2.75) is 97.0 Å². The highest BCUT2D eigenvalue weighted by molar-refractivity contribution is 7.47. The van der Waals surface area contributed by atoms with Crippen LogP contribution in [0.2, 0.25) is 0 Å². The van der Waals surface area contributed by atoms with Crippen LogP contribution < -0.4 is 5.73 Å². The number of carbonyl (C=O) groups excluding carboxylic acids is 2. The van der Waals surface area contributed by atoms with Crippen molar-refractivity contribution in [3.8, 4) is 0 Å². The molecule has 0 saturated heterocycles. The highest BCUT2D eigenvalue weighted by Crippen LogP contribution is 2.43. The first-order valence-electron chi connectivity index (χ1n) is 11.5. The maximum atomic E-state index is 12.1. The third kappa shape index (κ3) is 19.4. The Bertz CT molecular complexity index is 518. The van der Waals surface area contributed by atoms with Gasteiger partial charge in [0.05, 0.1) is 13.2 Å². The molecular weight excluding hydrogens is 425 g/mol. The minimum atomic E-state index is -4.33. The molecule has 0 bridgehead atoms. The molecule has 2 atom stereocenters. The van der Waals surface area contributed by atoms with Gasteiger partial charge >= 0.3 is 19.8 Å². The van der Waals surface area contributed by atoms with Crippen molar-refractivity contribution < 1.29 is 37.6 Å². The average molecular weight is 468 g/mol. The minimum absolute atomic E-state index is 0.0555. The van der Waals surface area contributed by atoms with Crippen LogP contribution in [0.25, 0.3) is 0 Å². The molecule has 0 aromatic heterocycles. The Morgan fingerprint density at radius 3 is 2.03 bits per heavy atom. The predicted octanol–water partition coefficient (Wildman–Crippen LogP) is 4.25. The summed E-state index contributed by atoms with van der Waals surface area (Å²) in [5.74, 6) is -0.877. The van der Waals surface area contributed by atoms with E-state index in [2.05, 4.69) is 11.4 Å². The van der Waals surface area contributed by atoms with Gasteiger partial charge in [0.25, 0.3) is 0 Å². The zero-order valence-corrected chi connectivity index (χ0v) is 20.1. The van der Waals surface area contributed by atoms with Crippen LogP contribution in [0.15, 0.2) is 0 Å². The van der Waals surface area contributed by atoms with E-state index in [1.165, 1.54) is 25.7 Å². The van der Waals surface area contributed by atoms with Gasteiger partial charge in [-0.1, -0.05) is 65.2 Å². The highest BCUT2D eigenvalue weighted by atomic mass is 31.2. The number of hydrogen-bond acceptors (Lipinski definition) is 8. The molecular formula is C21H42NO8P. The zero-order chi connectivity index (χ0) is 23.4. The fourth-order valence-electron chi connectivity index (χ4n) is 2.73. The van der Waals surface area contributed by atoms with E-state index in [-0.39, 0.29) is 32.6 Å². The Hall–Kier alpha value is -0.990. The summed E-state index contributed by atoms with van der Waals surface area (Å²) in [7, 11) is -4.33. The van der Waals surface area contributed by atoms with E-state index < -0.39 is 32.5 Å². The second-order valence-electron chi connectivity index (χ2n) is 7.51. The molecule has 0 radical (unpaired) electrons. The number of rotatable bonds is 21. The number of unbranched alkanes of at least 4 members (excludes halogenated alkanes) is 8. The smallest absolute Gasteiger partial charge is 0.462 e. The lowest BCUT2D eigenvalue weighted by molar-refractivity contribution is -0.161. The van der Waals surface area contributed by atoms with Crippen LogP contribution in [0, 0.1) is 0 Å². The van der Waals surface area contributed by atoms with Crippen LogP contribution in [0.1, 0.15) is 90.9 Å². The lowest BCUT2D eigenvalue weighted by atomic mass is 10.1. The van der Waals surface area contributed by atoms with Gasteiger partial charge in [-0.15, -0.1) is 0 Å².